The fourth-order valence-corrected chi connectivity index (χ4v) is 6.16. The summed E-state index contributed by atoms with van der Waals surface area (Å²) >= 11 is 3.82. The summed E-state index contributed by atoms with van der Waals surface area (Å²) in [6.45, 7) is 2.04. The van der Waals surface area contributed by atoms with Crippen molar-refractivity contribution in [2.45, 2.75) is 6.92 Å². The summed E-state index contributed by atoms with van der Waals surface area (Å²) in [5.41, 5.74) is 11.1. The van der Waals surface area contributed by atoms with Crippen LogP contribution in [0.4, 0.5) is 0 Å². The standard InChI is InChI=1S/C39H25BrN4O.Ni/c1-24-10-8-9-15-35(24)45-39-33-22-18-29(43-33)36(25-11-4-2-5-12-25)27-16-20-31(41-27)38(40)32-21-17-28(42-32)37(26-13-6-3-7-14-26)30-19-23-34(39)44-30;/h2-23H,1H3;/q-2;+2. The van der Waals surface area contributed by atoms with Crippen LogP contribution >= 0.6 is 15.9 Å². The second kappa shape index (κ2) is 12.4. The minimum atomic E-state index is 0. The Morgan fingerprint density at radius 3 is 1.63 bits per heavy atom. The molecule has 0 N–H and O–H groups in total. The Kier molecular flexibility index (Phi) is 8.04. The second-order valence-corrected chi connectivity index (χ2v) is 11.6. The summed E-state index contributed by atoms with van der Waals surface area (Å²) in [5.74, 6) is 1.33. The first-order valence-electron chi connectivity index (χ1n) is 14.7. The molecule has 7 heteroatoms. The molecule has 0 atom stereocenters. The molecule has 8 rings (SSSR count). The van der Waals surface area contributed by atoms with Crippen molar-refractivity contribution in [2.24, 2.45) is 0 Å². The molecule has 0 unspecified atom stereocenters. The third-order valence-corrected chi connectivity index (χ3v) is 8.74. The van der Waals surface area contributed by atoms with Crippen LogP contribution in [0.15, 0.2) is 114 Å². The number of hydrogen-bond acceptors (Lipinski definition) is 3. The molecule has 3 aromatic carbocycles. The van der Waals surface area contributed by atoms with Crippen molar-refractivity contribution >= 4 is 62.3 Å². The maximum atomic E-state index is 6.67. The Bertz CT molecular complexity index is 2280. The van der Waals surface area contributed by atoms with Crippen LogP contribution in [-0.4, -0.2) is 9.97 Å². The number of fused-ring (bicyclic) bond motifs is 8. The molecule has 3 aromatic heterocycles. The van der Waals surface area contributed by atoms with E-state index in [1.54, 1.807) is 0 Å². The number of rotatable bonds is 4. The van der Waals surface area contributed by atoms with Crippen molar-refractivity contribution in [3.8, 4) is 33.8 Å². The summed E-state index contributed by atoms with van der Waals surface area (Å²) in [7, 11) is 0. The van der Waals surface area contributed by atoms with Crippen LogP contribution in [0.1, 0.15) is 28.3 Å². The van der Waals surface area contributed by atoms with Crippen LogP contribution in [0, 0.1) is 6.92 Å². The van der Waals surface area contributed by atoms with E-state index in [-0.39, 0.29) is 16.5 Å². The number of hydrogen-bond donors (Lipinski definition) is 0. The van der Waals surface area contributed by atoms with E-state index in [4.69, 9.17) is 24.7 Å². The number of benzene rings is 3. The van der Waals surface area contributed by atoms with E-state index in [0.29, 0.717) is 17.0 Å². The van der Waals surface area contributed by atoms with Crippen LogP contribution in [0.3, 0.4) is 0 Å². The van der Waals surface area contributed by atoms with E-state index in [1.165, 1.54) is 0 Å². The molecule has 6 aromatic rings. The average Bonchev–Trinajstić information content (AvgIpc) is 3.90. The first-order chi connectivity index (χ1) is 22.1. The Balaban J connectivity index is 0.00000338. The maximum Gasteiger partial charge on any atom is 2.00 e. The van der Waals surface area contributed by atoms with E-state index in [2.05, 4.69) is 40.2 Å². The quantitative estimate of drug-likeness (QED) is 0.171. The van der Waals surface area contributed by atoms with E-state index in [0.717, 1.165) is 71.7 Å². The van der Waals surface area contributed by atoms with Crippen LogP contribution in [0.5, 0.6) is 11.5 Å². The first kappa shape index (κ1) is 29.7. The molecule has 0 saturated carbocycles. The topological polar surface area (TPSA) is 63.2 Å². The Labute approximate surface area is 284 Å². The van der Waals surface area contributed by atoms with E-state index < -0.39 is 0 Å². The molecule has 0 saturated heterocycles. The molecule has 0 spiro atoms. The van der Waals surface area contributed by atoms with Crippen molar-refractivity contribution in [3.63, 3.8) is 0 Å². The minimum Gasteiger partial charge on any atom is -0.656 e. The van der Waals surface area contributed by atoms with Gasteiger partial charge in [-0.1, -0.05) is 109 Å². The van der Waals surface area contributed by atoms with E-state index in [9.17, 15) is 0 Å². The molecule has 0 aliphatic carbocycles. The second-order valence-electron chi connectivity index (χ2n) is 10.9. The van der Waals surface area contributed by atoms with Crippen LogP contribution in [0.2, 0.25) is 0 Å². The van der Waals surface area contributed by atoms with Gasteiger partial charge in [0.1, 0.15) is 17.2 Å². The number of aryl methyl sites for hydroxylation is 1. The molecule has 8 bridgehead atoms. The zero-order valence-corrected chi connectivity index (χ0v) is 27.2. The minimum absolute atomic E-state index is 0. The summed E-state index contributed by atoms with van der Waals surface area (Å²) < 4.78 is 7.49. The van der Waals surface area contributed by atoms with Gasteiger partial charge in [-0.2, -0.15) is 0 Å². The zero-order valence-electron chi connectivity index (χ0n) is 24.6. The molecule has 46 heavy (non-hydrogen) atoms. The van der Waals surface area contributed by atoms with Gasteiger partial charge in [0.2, 0.25) is 0 Å². The molecular weight excluding hydrogens is 679 g/mol. The first-order valence-corrected chi connectivity index (χ1v) is 15.5. The SMILES string of the molecule is Cc1ccccc1Oc1c2nc(c(-c3ccccc3)c3ccc([n-]3)c(Br)c3nc(c(-c4ccccc4)c4ccc1[n-]4)C=C3)C=C2.[Ni+2]. The molecule has 5 heterocycles. The van der Waals surface area contributed by atoms with E-state index >= 15 is 0 Å². The predicted octanol–water partition coefficient (Wildman–Crippen LogP) is 10.1. The zero-order chi connectivity index (χ0) is 30.3. The molecule has 0 radical (unpaired) electrons. The third-order valence-electron chi connectivity index (χ3n) is 7.93. The van der Waals surface area contributed by atoms with Gasteiger partial charge in [-0.25, -0.2) is 9.97 Å². The molecule has 5 nitrogen and oxygen atoms in total. The summed E-state index contributed by atoms with van der Waals surface area (Å²) in [5, 5.41) is 0. The number of halogens is 1. The molecule has 2 aliphatic rings. The molecule has 0 fully saturated rings. The summed E-state index contributed by atoms with van der Waals surface area (Å²) in [6.07, 6.45) is 8.08. The Hall–Kier alpha value is -4.97. The molecule has 0 amide bonds. The van der Waals surface area contributed by atoms with Crippen LogP contribution in [0.25, 0.3) is 68.6 Å². The van der Waals surface area contributed by atoms with Gasteiger partial charge >= 0.3 is 16.5 Å². The molecule has 2 aliphatic heterocycles. The van der Waals surface area contributed by atoms with Gasteiger partial charge in [0.15, 0.2) is 0 Å². The molecule has 224 valence electrons. The Morgan fingerprint density at radius 1 is 0.522 bits per heavy atom. The smallest absolute Gasteiger partial charge is 0.656 e. The van der Waals surface area contributed by atoms with Gasteiger partial charge in [0.05, 0.1) is 17.1 Å². The summed E-state index contributed by atoms with van der Waals surface area (Å²) in [6, 6.07) is 36.5. The van der Waals surface area contributed by atoms with Gasteiger partial charge in [-0.3, -0.25) is 0 Å². The number of aromatic nitrogens is 4. The van der Waals surface area contributed by atoms with Crippen molar-refractivity contribution in [3.05, 3.63) is 142 Å². The normalized spacial score (nSPS) is 11.8. The monoisotopic (exact) mass is 702 g/mol. The molecular formula is C39H25BrN4NiO. The van der Waals surface area contributed by atoms with Crippen LogP contribution < -0.4 is 14.7 Å². The Morgan fingerprint density at radius 2 is 1.00 bits per heavy atom. The van der Waals surface area contributed by atoms with Crippen molar-refractivity contribution in [2.75, 3.05) is 0 Å². The van der Waals surface area contributed by atoms with Crippen molar-refractivity contribution in [1.82, 2.24) is 19.9 Å². The number of nitrogens with zero attached hydrogens (tertiary/aromatic N) is 4. The predicted molar refractivity (Wildman–Crippen MR) is 187 cm³/mol. The largest absolute Gasteiger partial charge is 2.00 e. The fourth-order valence-electron chi connectivity index (χ4n) is 5.71. The van der Waals surface area contributed by atoms with Gasteiger partial charge in [-0.15, -0.1) is 16.6 Å². The average molecular weight is 704 g/mol. The number of ether oxygens (including phenoxy) is 1. The fraction of sp³-hybridized carbons (Fsp3) is 0.0256. The third kappa shape index (κ3) is 5.42. The van der Waals surface area contributed by atoms with Crippen LogP contribution in [-0.2, 0) is 16.5 Å². The number of para-hydroxylation sites is 1. The van der Waals surface area contributed by atoms with E-state index in [1.807, 2.05) is 116 Å². The van der Waals surface area contributed by atoms with Gasteiger partial charge < -0.3 is 14.7 Å². The maximum absolute atomic E-state index is 6.67. The van der Waals surface area contributed by atoms with Gasteiger partial charge in [-0.05, 0) is 81.0 Å². The van der Waals surface area contributed by atoms with Gasteiger partial charge in [0.25, 0.3) is 0 Å². The van der Waals surface area contributed by atoms with Crippen molar-refractivity contribution in [1.29, 1.82) is 0 Å². The van der Waals surface area contributed by atoms with Gasteiger partial charge in [0, 0.05) is 4.47 Å². The van der Waals surface area contributed by atoms with Crippen molar-refractivity contribution < 1.29 is 21.2 Å². The summed E-state index contributed by atoms with van der Waals surface area (Å²) in [4.78, 5) is 20.5.